The van der Waals surface area contributed by atoms with Gasteiger partial charge in [-0.05, 0) is 12.1 Å². The number of rotatable bonds is 5. The summed E-state index contributed by atoms with van der Waals surface area (Å²) < 4.78 is 0. The van der Waals surface area contributed by atoms with Crippen LogP contribution in [0.3, 0.4) is 0 Å². The van der Waals surface area contributed by atoms with E-state index in [1.165, 1.54) is 17.0 Å². The fourth-order valence-electron chi connectivity index (χ4n) is 1.39. The molecule has 0 saturated heterocycles. The molecule has 0 saturated carbocycles. The van der Waals surface area contributed by atoms with Gasteiger partial charge in [0.05, 0.1) is 23.2 Å². The van der Waals surface area contributed by atoms with Crippen molar-refractivity contribution in [1.29, 1.82) is 5.26 Å². The highest BCUT2D eigenvalue weighted by Crippen LogP contribution is 2.28. The van der Waals surface area contributed by atoms with E-state index in [2.05, 4.69) is 0 Å². The Hall–Kier alpha value is -2.17. The van der Waals surface area contributed by atoms with Gasteiger partial charge in [0.25, 0.3) is 5.69 Å². The van der Waals surface area contributed by atoms with Crippen molar-refractivity contribution in [1.82, 2.24) is 0 Å². The van der Waals surface area contributed by atoms with E-state index in [1.54, 1.807) is 6.07 Å². The summed E-state index contributed by atoms with van der Waals surface area (Å²) in [5.41, 5.74) is 0.0689. The van der Waals surface area contributed by atoms with Gasteiger partial charge in [-0.25, -0.2) is 0 Å². The van der Waals surface area contributed by atoms with Crippen molar-refractivity contribution in [2.75, 3.05) is 24.8 Å². The van der Waals surface area contributed by atoms with E-state index in [-0.39, 0.29) is 30.1 Å². The molecular weight excluding hydrogens is 226 g/mol. The van der Waals surface area contributed by atoms with Crippen molar-refractivity contribution in [3.63, 3.8) is 0 Å². The number of hydrogen-bond acceptors (Lipinski definition) is 6. The second-order valence-corrected chi connectivity index (χ2v) is 3.20. The number of nitriles is 1. The highest BCUT2D eigenvalue weighted by molar-refractivity contribution is 5.65. The number of benzene rings is 1. The van der Waals surface area contributed by atoms with E-state index >= 15 is 0 Å². The molecule has 0 radical (unpaired) electrons. The van der Waals surface area contributed by atoms with Gasteiger partial charge in [0.15, 0.2) is 0 Å². The molecule has 17 heavy (non-hydrogen) atoms. The first-order valence-electron chi connectivity index (χ1n) is 4.79. The van der Waals surface area contributed by atoms with Crippen LogP contribution in [-0.2, 0) is 0 Å². The summed E-state index contributed by atoms with van der Waals surface area (Å²) in [5.74, 6) is 0. The Morgan fingerprint density at radius 1 is 1.47 bits per heavy atom. The third kappa shape index (κ3) is 2.90. The fraction of sp³-hybridized carbons (Fsp3) is 0.300. The summed E-state index contributed by atoms with van der Waals surface area (Å²) in [5, 5.41) is 37.4. The van der Waals surface area contributed by atoms with E-state index in [4.69, 9.17) is 15.5 Å². The second-order valence-electron chi connectivity index (χ2n) is 3.20. The molecule has 0 aliphatic rings. The number of aliphatic hydroxyl groups excluding tert-OH is 2. The van der Waals surface area contributed by atoms with E-state index in [1.807, 2.05) is 0 Å². The molecule has 0 amide bonds. The van der Waals surface area contributed by atoms with Crippen LogP contribution in [0.25, 0.3) is 0 Å². The molecule has 0 spiro atoms. The normalized spacial score (nSPS) is 9.71. The smallest absolute Gasteiger partial charge is 0.293 e. The Bertz CT molecular complexity index is 455. The molecule has 0 bridgehead atoms. The average Bonchev–Trinajstić information content (AvgIpc) is 2.35. The first-order valence-corrected chi connectivity index (χ1v) is 4.79. The highest BCUT2D eigenvalue weighted by Gasteiger charge is 2.19. The summed E-state index contributed by atoms with van der Waals surface area (Å²) in [4.78, 5) is 11.5. The molecule has 0 aliphatic carbocycles. The number of aliphatic hydroxyl groups is 2. The van der Waals surface area contributed by atoms with Crippen molar-refractivity contribution < 1.29 is 15.1 Å². The lowest BCUT2D eigenvalue weighted by atomic mass is 10.1. The molecule has 0 unspecified atom stereocenters. The predicted molar refractivity (Wildman–Crippen MR) is 59.3 cm³/mol. The van der Waals surface area contributed by atoms with Crippen LogP contribution < -0.4 is 4.90 Å². The van der Waals surface area contributed by atoms with Crippen molar-refractivity contribution in [2.45, 2.75) is 0 Å². The largest absolute Gasteiger partial charge is 0.395 e. The molecule has 0 heterocycles. The molecule has 1 rings (SSSR count). The van der Waals surface area contributed by atoms with Crippen molar-refractivity contribution in [3.8, 4) is 6.07 Å². The molecule has 7 nitrogen and oxygen atoms in total. The van der Waals surface area contributed by atoms with Gasteiger partial charge in [0, 0.05) is 12.6 Å². The Kier molecular flexibility index (Phi) is 4.39. The molecule has 7 heteroatoms. The molecule has 1 aromatic rings. The maximum absolute atomic E-state index is 10.8. The minimum atomic E-state index is -0.629. The van der Waals surface area contributed by atoms with Gasteiger partial charge in [-0.15, -0.1) is 0 Å². The van der Waals surface area contributed by atoms with Crippen LogP contribution >= 0.6 is 0 Å². The molecule has 1 aromatic carbocycles. The first kappa shape index (κ1) is 12.9. The summed E-state index contributed by atoms with van der Waals surface area (Å²) in [6, 6.07) is 5.73. The van der Waals surface area contributed by atoms with Crippen LogP contribution in [0.2, 0.25) is 0 Å². The SMILES string of the molecule is N#Cc1ccc(N(CO)CCO)c([N+](=O)[O-])c1. The quantitative estimate of drug-likeness (QED) is 0.430. The van der Waals surface area contributed by atoms with E-state index in [9.17, 15) is 10.1 Å². The number of nitro groups is 1. The lowest BCUT2D eigenvalue weighted by Crippen LogP contribution is -2.28. The third-order valence-electron chi connectivity index (χ3n) is 2.18. The van der Waals surface area contributed by atoms with Crippen molar-refractivity contribution in [2.24, 2.45) is 0 Å². The van der Waals surface area contributed by atoms with Crippen LogP contribution in [0.4, 0.5) is 11.4 Å². The number of anilines is 1. The minimum absolute atomic E-state index is 0.0727. The Morgan fingerprint density at radius 2 is 2.18 bits per heavy atom. The molecule has 0 aromatic heterocycles. The van der Waals surface area contributed by atoms with Gasteiger partial charge < -0.3 is 15.1 Å². The first-order chi connectivity index (χ1) is 8.13. The van der Waals surface area contributed by atoms with Crippen LogP contribution in [0.15, 0.2) is 18.2 Å². The zero-order valence-corrected chi connectivity index (χ0v) is 8.91. The maximum atomic E-state index is 10.8. The molecule has 0 aliphatic heterocycles. The summed E-state index contributed by atoms with van der Waals surface area (Å²) in [6.45, 7) is -0.617. The van der Waals surface area contributed by atoms with E-state index in [0.29, 0.717) is 0 Å². The van der Waals surface area contributed by atoms with Crippen molar-refractivity contribution >= 4 is 11.4 Å². The monoisotopic (exact) mass is 237 g/mol. The Labute approximate surface area is 97.3 Å². The van der Waals surface area contributed by atoms with Crippen LogP contribution in [0.1, 0.15) is 5.56 Å². The van der Waals surface area contributed by atoms with Crippen molar-refractivity contribution in [3.05, 3.63) is 33.9 Å². The minimum Gasteiger partial charge on any atom is -0.395 e. The Balaban J connectivity index is 3.22. The van der Waals surface area contributed by atoms with Crippen LogP contribution in [0.5, 0.6) is 0 Å². The van der Waals surface area contributed by atoms with Gasteiger partial charge in [0.1, 0.15) is 12.4 Å². The lowest BCUT2D eigenvalue weighted by Gasteiger charge is -2.20. The zero-order valence-electron chi connectivity index (χ0n) is 8.91. The van der Waals surface area contributed by atoms with Gasteiger partial charge in [-0.3, -0.25) is 10.1 Å². The van der Waals surface area contributed by atoms with Gasteiger partial charge in [-0.2, -0.15) is 5.26 Å². The number of nitro benzene ring substituents is 1. The number of hydrogen-bond donors (Lipinski definition) is 2. The highest BCUT2D eigenvalue weighted by atomic mass is 16.6. The number of nitrogens with zero attached hydrogens (tertiary/aromatic N) is 3. The van der Waals surface area contributed by atoms with Crippen LogP contribution in [0, 0.1) is 21.4 Å². The van der Waals surface area contributed by atoms with Gasteiger partial charge >= 0.3 is 0 Å². The zero-order chi connectivity index (χ0) is 12.8. The van der Waals surface area contributed by atoms with Gasteiger partial charge in [-0.1, -0.05) is 0 Å². The summed E-state index contributed by atoms with van der Waals surface area (Å²) >= 11 is 0. The maximum Gasteiger partial charge on any atom is 0.293 e. The lowest BCUT2D eigenvalue weighted by molar-refractivity contribution is -0.384. The van der Waals surface area contributed by atoms with Crippen LogP contribution in [-0.4, -0.2) is 35.0 Å². The second kappa shape index (κ2) is 5.79. The average molecular weight is 237 g/mol. The fourth-order valence-corrected chi connectivity index (χ4v) is 1.39. The van der Waals surface area contributed by atoms with E-state index < -0.39 is 11.7 Å². The van der Waals surface area contributed by atoms with E-state index in [0.717, 1.165) is 6.07 Å². The topological polar surface area (TPSA) is 111 Å². The molecule has 0 atom stereocenters. The standard InChI is InChI=1S/C10H11N3O4/c11-6-8-1-2-9(10(5-8)13(16)17)12(7-15)3-4-14/h1-2,5,14-15H,3-4,7H2. The van der Waals surface area contributed by atoms with Gasteiger partial charge in [0.2, 0.25) is 0 Å². The Morgan fingerprint density at radius 3 is 2.65 bits per heavy atom. The molecule has 2 N–H and O–H groups in total. The molecule has 90 valence electrons. The predicted octanol–water partition coefficient (Wildman–Crippen LogP) is 0.215. The molecular formula is C10H11N3O4. The summed E-state index contributed by atoms with van der Waals surface area (Å²) in [6.07, 6.45) is 0. The third-order valence-corrected chi connectivity index (χ3v) is 2.18. The summed E-state index contributed by atoms with van der Waals surface area (Å²) in [7, 11) is 0. The molecule has 0 fully saturated rings.